The minimum atomic E-state index is 0.408. The van der Waals surface area contributed by atoms with Crippen molar-refractivity contribution in [3.8, 4) is 0 Å². The molecule has 90 valence electrons. The summed E-state index contributed by atoms with van der Waals surface area (Å²) in [6.07, 6.45) is 5.77. The Bertz CT molecular complexity index is 516. The molecule has 2 N–H and O–H groups in total. The molecule has 2 heterocycles. The van der Waals surface area contributed by atoms with Gasteiger partial charge >= 0.3 is 0 Å². The molecule has 0 unspecified atom stereocenters. The molecule has 2 aromatic heterocycles. The summed E-state index contributed by atoms with van der Waals surface area (Å²) in [5.41, 5.74) is 6.70. The molecule has 0 saturated heterocycles. The number of hydrogen-bond donors (Lipinski definition) is 1. The minimum absolute atomic E-state index is 0.408. The van der Waals surface area contributed by atoms with Gasteiger partial charge in [0.2, 0.25) is 0 Å². The fourth-order valence-electron chi connectivity index (χ4n) is 2.59. The van der Waals surface area contributed by atoms with Gasteiger partial charge in [-0.05, 0) is 30.9 Å². The summed E-state index contributed by atoms with van der Waals surface area (Å²) in [6, 6.07) is 4.28. The minimum Gasteiger partial charge on any atom is -0.464 e. The van der Waals surface area contributed by atoms with Crippen LogP contribution in [-0.4, -0.2) is 24.6 Å². The molecule has 0 radical (unpaired) electrons. The number of aromatic nitrogens is 1. The Morgan fingerprint density at radius 1 is 1.47 bits per heavy atom. The number of furan rings is 1. The zero-order valence-electron chi connectivity index (χ0n) is 9.97. The fourth-order valence-corrected chi connectivity index (χ4v) is 2.59. The van der Waals surface area contributed by atoms with E-state index in [2.05, 4.69) is 16.9 Å². The molecule has 17 heavy (non-hydrogen) atoms. The second-order valence-corrected chi connectivity index (χ2v) is 4.95. The van der Waals surface area contributed by atoms with E-state index in [4.69, 9.17) is 10.2 Å². The van der Waals surface area contributed by atoms with Crippen LogP contribution in [0, 0.1) is 5.92 Å². The first kappa shape index (κ1) is 10.6. The van der Waals surface area contributed by atoms with Gasteiger partial charge in [-0.25, -0.2) is 4.98 Å². The van der Waals surface area contributed by atoms with E-state index in [1.165, 1.54) is 0 Å². The van der Waals surface area contributed by atoms with Gasteiger partial charge in [0.1, 0.15) is 11.4 Å². The maximum Gasteiger partial charge on any atom is 0.139 e. The summed E-state index contributed by atoms with van der Waals surface area (Å²) in [4.78, 5) is 6.65. The Balaban J connectivity index is 1.80. The molecule has 0 atom stereocenters. The highest BCUT2D eigenvalue weighted by atomic mass is 16.3. The second-order valence-electron chi connectivity index (χ2n) is 4.95. The van der Waals surface area contributed by atoms with Gasteiger partial charge in [0.15, 0.2) is 0 Å². The van der Waals surface area contributed by atoms with Crippen LogP contribution in [0.25, 0.3) is 11.0 Å². The Morgan fingerprint density at radius 2 is 2.29 bits per heavy atom. The van der Waals surface area contributed by atoms with Gasteiger partial charge in [-0.15, -0.1) is 0 Å². The smallest absolute Gasteiger partial charge is 0.139 e. The van der Waals surface area contributed by atoms with Gasteiger partial charge in [0, 0.05) is 25.8 Å². The van der Waals surface area contributed by atoms with Gasteiger partial charge in [-0.3, -0.25) is 0 Å². The number of rotatable bonds is 3. The molecule has 4 nitrogen and oxygen atoms in total. The van der Waals surface area contributed by atoms with E-state index in [9.17, 15) is 0 Å². The number of nitrogens with two attached hydrogens (primary N) is 1. The molecule has 1 fully saturated rings. The monoisotopic (exact) mass is 231 g/mol. The molecule has 0 amide bonds. The highest BCUT2D eigenvalue weighted by molar-refractivity contribution is 5.88. The Morgan fingerprint density at radius 3 is 3.06 bits per heavy atom. The van der Waals surface area contributed by atoms with E-state index in [0.29, 0.717) is 12.0 Å². The van der Waals surface area contributed by atoms with Crippen LogP contribution in [0.2, 0.25) is 0 Å². The van der Waals surface area contributed by atoms with Crippen molar-refractivity contribution in [2.45, 2.75) is 18.9 Å². The van der Waals surface area contributed by atoms with Gasteiger partial charge in [0.25, 0.3) is 0 Å². The molecule has 4 heteroatoms. The molecule has 0 spiro atoms. The maximum absolute atomic E-state index is 5.81. The SMILES string of the molecule is CN(CC1CC(N)C1)c1nccc2occc12. The lowest BCUT2D eigenvalue weighted by molar-refractivity contribution is 0.271. The largest absolute Gasteiger partial charge is 0.464 e. The normalized spacial score (nSPS) is 23.6. The van der Waals surface area contributed by atoms with E-state index < -0.39 is 0 Å². The molecule has 0 aliphatic heterocycles. The van der Waals surface area contributed by atoms with Crippen LogP contribution in [0.5, 0.6) is 0 Å². The first-order valence-electron chi connectivity index (χ1n) is 6.03. The van der Waals surface area contributed by atoms with Crippen LogP contribution < -0.4 is 10.6 Å². The zero-order valence-corrected chi connectivity index (χ0v) is 9.97. The van der Waals surface area contributed by atoms with Crippen molar-refractivity contribution in [1.29, 1.82) is 0 Å². The van der Waals surface area contributed by atoms with Crippen molar-refractivity contribution in [2.24, 2.45) is 11.7 Å². The molecule has 0 aromatic carbocycles. The molecular weight excluding hydrogens is 214 g/mol. The van der Waals surface area contributed by atoms with Crippen molar-refractivity contribution in [3.63, 3.8) is 0 Å². The fraction of sp³-hybridized carbons (Fsp3) is 0.462. The summed E-state index contributed by atoms with van der Waals surface area (Å²) in [5.74, 6) is 1.70. The van der Waals surface area contributed by atoms with Crippen molar-refractivity contribution in [1.82, 2.24) is 4.98 Å². The summed E-state index contributed by atoms with van der Waals surface area (Å²) in [5, 5.41) is 1.08. The average Bonchev–Trinajstić information content (AvgIpc) is 2.74. The van der Waals surface area contributed by atoms with E-state index >= 15 is 0 Å². The van der Waals surface area contributed by atoms with Crippen LogP contribution in [0.3, 0.4) is 0 Å². The molecule has 1 aliphatic carbocycles. The summed E-state index contributed by atoms with van der Waals surface area (Å²) in [7, 11) is 2.08. The molecule has 3 rings (SSSR count). The summed E-state index contributed by atoms with van der Waals surface area (Å²) in [6.45, 7) is 1.02. The van der Waals surface area contributed by atoms with Crippen molar-refractivity contribution >= 4 is 16.8 Å². The van der Waals surface area contributed by atoms with Crippen molar-refractivity contribution < 1.29 is 4.42 Å². The van der Waals surface area contributed by atoms with E-state index in [0.717, 1.165) is 36.2 Å². The molecule has 0 bridgehead atoms. The number of pyridine rings is 1. The lowest BCUT2D eigenvalue weighted by atomic mass is 9.80. The average molecular weight is 231 g/mol. The topological polar surface area (TPSA) is 55.3 Å². The van der Waals surface area contributed by atoms with Gasteiger partial charge in [-0.1, -0.05) is 0 Å². The highest BCUT2D eigenvalue weighted by Gasteiger charge is 2.27. The van der Waals surface area contributed by atoms with Crippen LogP contribution in [0.1, 0.15) is 12.8 Å². The van der Waals surface area contributed by atoms with E-state index in [-0.39, 0.29) is 0 Å². The van der Waals surface area contributed by atoms with Crippen LogP contribution in [0.4, 0.5) is 5.82 Å². The molecular formula is C13H17N3O. The predicted octanol–water partition coefficient (Wildman–Crippen LogP) is 2.00. The highest BCUT2D eigenvalue weighted by Crippen LogP contribution is 2.30. The van der Waals surface area contributed by atoms with Crippen LogP contribution in [-0.2, 0) is 0 Å². The van der Waals surface area contributed by atoms with Gasteiger partial charge in [0.05, 0.1) is 11.6 Å². The molecule has 2 aromatic rings. The number of hydrogen-bond acceptors (Lipinski definition) is 4. The Labute approximate surface area is 100 Å². The maximum atomic E-state index is 5.81. The first-order chi connectivity index (χ1) is 8.24. The number of anilines is 1. The standard InChI is InChI=1S/C13H17N3O/c1-16(8-9-6-10(14)7-9)13-11-3-5-17-12(11)2-4-15-13/h2-5,9-10H,6-8,14H2,1H3. The quantitative estimate of drug-likeness (QED) is 0.877. The van der Waals surface area contributed by atoms with Crippen molar-refractivity contribution in [3.05, 3.63) is 24.6 Å². The molecule has 1 saturated carbocycles. The van der Waals surface area contributed by atoms with Crippen LogP contribution in [0.15, 0.2) is 29.0 Å². The number of fused-ring (bicyclic) bond motifs is 1. The second kappa shape index (κ2) is 4.04. The van der Waals surface area contributed by atoms with Crippen LogP contribution >= 0.6 is 0 Å². The zero-order chi connectivity index (χ0) is 11.8. The van der Waals surface area contributed by atoms with Gasteiger partial charge < -0.3 is 15.1 Å². The lowest BCUT2D eigenvalue weighted by Gasteiger charge is -2.35. The van der Waals surface area contributed by atoms with E-state index in [1.807, 2.05) is 12.1 Å². The van der Waals surface area contributed by atoms with Crippen molar-refractivity contribution in [2.75, 3.05) is 18.5 Å². The lowest BCUT2D eigenvalue weighted by Crippen LogP contribution is -2.42. The Hall–Kier alpha value is -1.55. The molecule has 1 aliphatic rings. The third-order valence-electron chi connectivity index (χ3n) is 3.52. The first-order valence-corrected chi connectivity index (χ1v) is 6.03. The Kier molecular flexibility index (Phi) is 2.52. The number of nitrogens with zero attached hydrogens (tertiary/aromatic N) is 2. The van der Waals surface area contributed by atoms with Gasteiger partial charge in [-0.2, -0.15) is 0 Å². The third kappa shape index (κ3) is 1.89. The third-order valence-corrected chi connectivity index (χ3v) is 3.52. The predicted molar refractivity (Wildman–Crippen MR) is 68.0 cm³/mol. The summed E-state index contributed by atoms with van der Waals surface area (Å²) >= 11 is 0. The summed E-state index contributed by atoms with van der Waals surface area (Å²) < 4.78 is 5.38. The van der Waals surface area contributed by atoms with E-state index in [1.54, 1.807) is 12.5 Å².